The molecule has 0 aromatic heterocycles. The summed E-state index contributed by atoms with van der Waals surface area (Å²) in [5.41, 5.74) is 3.15. The molecule has 0 radical (unpaired) electrons. The van der Waals surface area contributed by atoms with Gasteiger partial charge in [-0.3, -0.25) is 4.79 Å². The summed E-state index contributed by atoms with van der Waals surface area (Å²) in [5.74, 6) is 0.501. The summed E-state index contributed by atoms with van der Waals surface area (Å²) >= 11 is 0. The van der Waals surface area contributed by atoms with E-state index in [0.717, 1.165) is 22.4 Å². The van der Waals surface area contributed by atoms with Gasteiger partial charge >= 0.3 is 5.97 Å². The third-order valence-corrected chi connectivity index (χ3v) is 6.92. The van der Waals surface area contributed by atoms with Crippen molar-refractivity contribution in [3.05, 3.63) is 102 Å². The fourth-order valence-electron chi connectivity index (χ4n) is 4.88. The summed E-state index contributed by atoms with van der Waals surface area (Å²) in [6.45, 7) is 1.63. The van der Waals surface area contributed by atoms with E-state index in [1.807, 2.05) is 84.9 Å². The monoisotopic (exact) mass is 518 g/mol. The van der Waals surface area contributed by atoms with Crippen molar-refractivity contribution in [1.29, 1.82) is 0 Å². The van der Waals surface area contributed by atoms with Crippen molar-refractivity contribution in [2.75, 3.05) is 13.7 Å². The number of hydrogen-bond donors (Lipinski definition) is 0. The van der Waals surface area contributed by atoms with Gasteiger partial charge in [0, 0.05) is 6.42 Å². The van der Waals surface area contributed by atoms with Gasteiger partial charge in [0.25, 0.3) is 0 Å². The molecule has 5 rings (SSSR count). The molecule has 2 heterocycles. The number of esters is 1. The highest BCUT2D eigenvalue weighted by Gasteiger charge is 2.48. The van der Waals surface area contributed by atoms with Crippen LogP contribution >= 0.6 is 0 Å². The molecule has 2 fully saturated rings. The smallest absolute Gasteiger partial charge is 0.308 e. The van der Waals surface area contributed by atoms with E-state index in [1.54, 1.807) is 7.11 Å². The van der Waals surface area contributed by atoms with Crippen molar-refractivity contribution >= 4 is 5.97 Å². The number of hydrogen-bond acceptors (Lipinski definition) is 7. The summed E-state index contributed by atoms with van der Waals surface area (Å²) in [6, 6.07) is 27.7. The second-order valence-electron chi connectivity index (χ2n) is 9.64. The van der Waals surface area contributed by atoms with E-state index in [9.17, 15) is 4.79 Å². The lowest BCUT2D eigenvalue weighted by atomic mass is 9.91. The maximum Gasteiger partial charge on any atom is 0.308 e. The zero-order valence-electron chi connectivity index (χ0n) is 21.6. The molecular weight excluding hydrogens is 484 g/mol. The molecule has 0 bridgehead atoms. The van der Waals surface area contributed by atoms with Crippen LogP contribution in [0.2, 0.25) is 0 Å². The number of rotatable bonds is 11. The van der Waals surface area contributed by atoms with Crippen LogP contribution < -0.4 is 4.74 Å². The van der Waals surface area contributed by atoms with Crippen LogP contribution in [0.25, 0.3) is 0 Å². The number of carbonyl (C=O) groups is 1. The predicted octanol–water partition coefficient (Wildman–Crippen LogP) is 4.86. The quantitative estimate of drug-likeness (QED) is 0.336. The van der Waals surface area contributed by atoms with Gasteiger partial charge < -0.3 is 28.4 Å². The fourth-order valence-corrected chi connectivity index (χ4v) is 4.88. The molecule has 3 aromatic carbocycles. The first kappa shape index (κ1) is 26.4. The normalized spacial score (nSPS) is 24.9. The molecular formula is C31H34O7. The van der Waals surface area contributed by atoms with E-state index in [4.69, 9.17) is 28.4 Å². The molecule has 5 atom stereocenters. The standard InChI is InChI=1S/C31H34O7/c1-33-25-14-12-24(13-15-25)20-36-27-17-30(32)37-28-16-26(35-19-23-10-6-3-7-11-23)29(38-31(27)28)21-34-18-22-8-4-2-5-9-22/h2-15,26-29,31H,16-21H2,1H3/t26-,27-,28-,29-,31+/m1/s1. The number of benzene rings is 3. The van der Waals surface area contributed by atoms with Crippen LogP contribution in [0.15, 0.2) is 84.9 Å². The second kappa shape index (κ2) is 13.0. The van der Waals surface area contributed by atoms with E-state index < -0.39 is 18.3 Å². The lowest BCUT2D eigenvalue weighted by molar-refractivity contribution is -0.253. The van der Waals surface area contributed by atoms with Gasteiger partial charge in [-0.2, -0.15) is 0 Å². The lowest BCUT2D eigenvalue weighted by Crippen LogP contribution is -2.58. The summed E-state index contributed by atoms with van der Waals surface area (Å²) in [5, 5.41) is 0. The number of carbonyl (C=O) groups excluding carboxylic acids is 1. The fraction of sp³-hybridized carbons (Fsp3) is 0.387. The van der Waals surface area contributed by atoms with Crippen LogP contribution in [0.5, 0.6) is 5.75 Å². The Morgan fingerprint density at radius 1 is 0.763 bits per heavy atom. The van der Waals surface area contributed by atoms with Gasteiger partial charge in [0.05, 0.1) is 52.2 Å². The van der Waals surface area contributed by atoms with Crippen LogP contribution in [0.1, 0.15) is 29.5 Å². The van der Waals surface area contributed by atoms with Crippen molar-refractivity contribution in [2.24, 2.45) is 0 Å². The Hall–Kier alpha value is -3.23. The van der Waals surface area contributed by atoms with Crippen LogP contribution in [-0.4, -0.2) is 50.2 Å². The summed E-state index contributed by atoms with van der Waals surface area (Å²) in [6.07, 6.45) is -1.21. The van der Waals surface area contributed by atoms with Crippen molar-refractivity contribution in [3.8, 4) is 5.75 Å². The van der Waals surface area contributed by atoms with Gasteiger partial charge in [-0.1, -0.05) is 72.8 Å². The van der Waals surface area contributed by atoms with Gasteiger partial charge in [0.2, 0.25) is 0 Å². The van der Waals surface area contributed by atoms with Crippen LogP contribution in [0, 0.1) is 0 Å². The molecule has 0 amide bonds. The van der Waals surface area contributed by atoms with Crippen molar-refractivity contribution in [3.63, 3.8) is 0 Å². The van der Waals surface area contributed by atoms with Crippen molar-refractivity contribution < 1.29 is 33.2 Å². The molecule has 2 aliphatic rings. The lowest BCUT2D eigenvalue weighted by Gasteiger charge is -2.45. The SMILES string of the molecule is COc1ccc(CO[C@@H]2CC(=O)O[C@@H]3C[C@@H](OCc4ccccc4)[C@@H](COCc4ccccc4)O[C@@H]23)cc1. The minimum absolute atomic E-state index is 0.143. The average Bonchev–Trinajstić information content (AvgIpc) is 2.96. The summed E-state index contributed by atoms with van der Waals surface area (Å²) in [7, 11) is 1.64. The van der Waals surface area contributed by atoms with E-state index in [0.29, 0.717) is 32.8 Å². The maximum atomic E-state index is 12.5. The Morgan fingerprint density at radius 2 is 1.37 bits per heavy atom. The number of methoxy groups -OCH3 is 1. The summed E-state index contributed by atoms with van der Waals surface area (Å²) < 4.78 is 36.1. The minimum atomic E-state index is -0.441. The van der Waals surface area contributed by atoms with Crippen LogP contribution in [-0.2, 0) is 48.3 Å². The van der Waals surface area contributed by atoms with Gasteiger partial charge in [0.1, 0.15) is 24.1 Å². The number of ether oxygens (including phenoxy) is 6. The highest BCUT2D eigenvalue weighted by molar-refractivity contribution is 5.71. The van der Waals surface area contributed by atoms with Crippen LogP contribution in [0.4, 0.5) is 0 Å². The molecule has 0 aliphatic carbocycles. The first-order chi connectivity index (χ1) is 18.7. The van der Waals surface area contributed by atoms with Crippen molar-refractivity contribution in [1.82, 2.24) is 0 Å². The Labute approximate surface area is 223 Å². The van der Waals surface area contributed by atoms with E-state index in [-0.39, 0.29) is 24.6 Å². The molecule has 38 heavy (non-hydrogen) atoms. The van der Waals surface area contributed by atoms with Gasteiger partial charge in [-0.25, -0.2) is 0 Å². The van der Waals surface area contributed by atoms with E-state index in [1.165, 1.54) is 0 Å². The van der Waals surface area contributed by atoms with E-state index in [2.05, 4.69) is 0 Å². The van der Waals surface area contributed by atoms with Gasteiger partial charge in [-0.05, 0) is 28.8 Å². The minimum Gasteiger partial charge on any atom is -0.497 e. The second-order valence-corrected chi connectivity index (χ2v) is 9.64. The Balaban J connectivity index is 1.25. The Kier molecular flexibility index (Phi) is 9.04. The van der Waals surface area contributed by atoms with Crippen LogP contribution in [0.3, 0.4) is 0 Å². The molecule has 200 valence electrons. The molecule has 2 aliphatic heterocycles. The predicted molar refractivity (Wildman–Crippen MR) is 140 cm³/mol. The Morgan fingerprint density at radius 3 is 2.03 bits per heavy atom. The molecule has 7 nitrogen and oxygen atoms in total. The third kappa shape index (κ3) is 6.99. The highest BCUT2D eigenvalue weighted by Crippen LogP contribution is 2.34. The molecule has 0 unspecified atom stereocenters. The Bertz CT molecular complexity index is 1140. The maximum absolute atomic E-state index is 12.5. The summed E-state index contributed by atoms with van der Waals surface area (Å²) in [4.78, 5) is 12.5. The average molecular weight is 519 g/mol. The molecule has 0 spiro atoms. The first-order valence-corrected chi connectivity index (χ1v) is 13.0. The zero-order chi connectivity index (χ0) is 26.2. The highest BCUT2D eigenvalue weighted by atomic mass is 16.6. The molecule has 7 heteroatoms. The molecule has 2 saturated heterocycles. The number of fused-ring (bicyclic) bond motifs is 1. The first-order valence-electron chi connectivity index (χ1n) is 13.0. The molecule has 0 saturated carbocycles. The van der Waals surface area contributed by atoms with Gasteiger partial charge in [-0.15, -0.1) is 0 Å². The topological polar surface area (TPSA) is 72.5 Å². The third-order valence-electron chi connectivity index (χ3n) is 6.92. The van der Waals surface area contributed by atoms with E-state index >= 15 is 0 Å². The molecule has 0 N–H and O–H groups in total. The van der Waals surface area contributed by atoms with Gasteiger partial charge in [0.15, 0.2) is 0 Å². The zero-order valence-corrected chi connectivity index (χ0v) is 21.6. The molecule has 3 aromatic rings. The largest absolute Gasteiger partial charge is 0.497 e. The van der Waals surface area contributed by atoms with Crippen molar-refractivity contribution in [2.45, 2.75) is 63.2 Å².